The van der Waals surface area contributed by atoms with Gasteiger partial charge >= 0.3 is 5.97 Å². The summed E-state index contributed by atoms with van der Waals surface area (Å²) in [5, 5.41) is 20.5. The summed E-state index contributed by atoms with van der Waals surface area (Å²) in [6.07, 6.45) is 0. The van der Waals surface area contributed by atoms with Crippen LogP contribution in [0, 0.1) is 24.0 Å². The van der Waals surface area contributed by atoms with Crippen LogP contribution in [-0.4, -0.2) is 24.4 Å². The molecule has 9 nitrogen and oxygen atoms in total. The van der Waals surface area contributed by atoms with Gasteiger partial charge in [0.1, 0.15) is 11.5 Å². The third-order valence-electron chi connectivity index (χ3n) is 4.40. The number of aromatic carboxylic acids is 1. The first kappa shape index (κ1) is 21.8. The number of nitro groups is 1. The number of benzene rings is 3. The molecule has 0 heterocycles. The third kappa shape index (κ3) is 4.98. The van der Waals surface area contributed by atoms with E-state index in [9.17, 15) is 28.4 Å². The Morgan fingerprint density at radius 3 is 2.19 bits per heavy atom. The van der Waals surface area contributed by atoms with Gasteiger partial charge in [-0.15, -0.1) is 0 Å². The fraction of sp³-hybridized carbons (Fsp3) is 0.0952. The van der Waals surface area contributed by atoms with Crippen LogP contribution in [-0.2, 0) is 10.0 Å². The van der Waals surface area contributed by atoms with Gasteiger partial charge in [0.25, 0.3) is 15.7 Å². The van der Waals surface area contributed by atoms with Crippen molar-refractivity contribution in [3.05, 3.63) is 87.5 Å². The second-order valence-electron chi connectivity index (χ2n) is 6.74. The van der Waals surface area contributed by atoms with E-state index in [4.69, 9.17) is 4.74 Å². The van der Waals surface area contributed by atoms with Crippen molar-refractivity contribution in [1.82, 2.24) is 0 Å². The number of carboxylic acids is 1. The number of ether oxygens (including phenoxy) is 1. The van der Waals surface area contributed by atoms with Gasteiger partial charge in [-0.2, -0.15) is 0 Å². The Labute approximate surface area is 178 Å². The van der Waals surface area contributed by atoms with Crippen LogP contribution in [0.5, 0.6) is 11.5 Å². The average molecular weight is 442 g/mol. The fourth-order valence-corrected chi connectivity index (χ4v) is 3.89. The summed E-state index contributed by atoms with van der Waals surface area (Å²) >= 11 is 0. The summed E-state index contributed by atoms with van der Waals surface area (Å²) in [6.45, 7) is 3.37. The van der Waals surface area contributed by atoms with Crippen molar-refractivity contribution in [3.8, 4) is 11.5 Å². The largest absolute Gasteiger partial charge is 0.478 e. The van der Waals surface area contributed by atoms with Gasteiger partial charge in [0.15, 0.2) is 0 Å². The number of anilines is 1. The lowest BCUT2D eigenvalue weighted by atomic mass is 10.1. The monoisotopic (exact) mass is 442 g/mol. The molecule has 31 heavy (non-hydrogen) atoms. The average Bonchev–Trinajstić information content (AvgIpc) is 2.69. The molecule has 0 atom stereocenters. The molecule has 0 aromatic heterocycles. The molecule has 3 aromatic carbocycles. The molecule has 3 aromatic rings. The number of nitrogens with zero attached hydrogens (tertiary/aromatic N) is 1. The number of rotatable bonds is 7. The third-order valence-corrected chi connectivity index (χ3v) is 5.78. The number of hydrogen-bond acceptors (Lipinski definition) is 6. The number of carboxylic acid groups (broad SMARTS) is 1. The Balaban J connectivity index is 1.89. The topological polar surface area (TPSA) is 136 Å². The first-order valence-electron chi connectivity index (χ1n) is 8.96. The number of hydrogen-bond donors (Lipinski definition) is 2. The molecule has 0 bridgehead atoms. The number of nitro benzene ring substituents is 1. The van der Waals surface area contributed by atoms with Crippen molar-refractivity contribution < 1.29 is 28.0 Å². The summed E-state index contributed by atoms with van der Waals surface area (Å²) < 4.78 is 33.1. The predicted molar refractivity (Wildman–Crippen MR) is 113 cm³/mol. The second kappa shape index (κ2) is 8.44. The van der Waals surface area contributed by atoms with Gasteiger partial charge in [-0.25, -0.2) is 13.2 Å². The molecule has 0 unspecified atom stereocenters. The van der Waals surface area contributed by atoms with Crippen LogP contribution in [0.1, 0.15) is 21.5 Å². The lowest BCUT2D eigenvalue weighted by Gasteiger charge is -2.13. The van der Waals surface area contributed by atoms with Crippen molar-refractivity contribution in [2.75, 3.05) is 4.72 Å². The van der Waals surface area contributed by atoms with E-state index in [0.717, 1.165) is 5.56 Å². The lowest BCUT2D eigenvalue weighted by Crippen LogP contribution is -2.15. The highest BCUT2D eigenvalue weighted by Gasteiger charge is 2.20. The van der Waals surface area contributed by atoms with Gasteiger partial charge in [0.05, 0.1) is 21.1 Å². The zero-order valence-electron chi connectivity index (χ0n) is 16.5. The predicted octanol–water partition coefficient (Wildman–Crippen LogP) is 4.50. The summed E-state index contributed by atoms with van der Waals surface area (Å²) in [4.78, 5) is 22.1. The van der Waals surface area contributed by atoms with E-state index in [1.54, 1.807) is 19.1 Å². The molecule has 0 aliphatic carbocycles. The minimum atomic E-state index is -3.99. The van der Waals surface area contributed by atoms with Crippen LogP contribution in [0.2, 0.25) is 0 Å². The Morgan fingerprint density at radius 2 is 1.61 bits per heavy atom. The van der Waals surface area contributed by atoms with E-state index < -0.39 is 20.9 Å². The van der Waals surface area contributed by atoms with Crippen LogP contribution in [0.25, 0.3) is 0 Å². The zero-order valence-corrected chi connectivity index (χ0v) is 17.3. The number of aryl methyl sites for hydroxylation is 2. The van der Waals surface area contributed by atoms with E-state index in [1.165, 1.54) is 48.5 Å². The first-order chi connectivity index (χ1) is 14.6. The SMILES string of the molecule is Cc1ccc(S(=O)(=O)Nc2ccc(Oc3ccc([N+](=O)[O-])c(C)c3)cc2C(=O)O)cc1. The standard InChI is InChI=1S/C21H18N2O7S/c1-13-3-7-17(8-4-13)31(28,29)22-19-9-5-16(12-18(19)21(24)25)30-15-6-10-20(23(26)27)14(2)11-15/h3-12,22H,1-2H3,(H,24,25). The van der Waals surface area contributed by atoms with Gasteiger partial charge in [-0.3, -0.25) is 14.8 Å². The normalized spacial score (nSPS) is 11.0. The van der Waals surface area contributed by atoms with Crippen molar-refractivity contribution >= 4 is 27.4 Å². The van der Waals surface area contributed by atoms with Crippen molar-refractivity contribution in [2.24, 2.45) is 0 Å². The fourth-order valence-electron chi connectivity index (χ4n) is 2.81. The maximum Gasteiger partial charge on any atom is 0.337 e. The van der Waals surface area contributed by atoms with Gasteiger partial charge < -0.3 is 9.84 Å². The maximum absolute atomic E-state index is 12.6. The zero-order chi connectivity index (χ0) is 22.8. The van der Waals surface area contributed by atoms with Crippen LogP contribution in [0.3, 0.4) is 0 Å². The van der Waals surface area contributed by atoms with E-state index in [0.29, 0.717) is 5.56 Å². The molecule has 160 valence electrons. The van der Waals surface area contributed by atoms with Gasteiger partial charge in [0.2, 0.25) is 0 Å². The molecule has 0 aliphatic heterocycles. The van der Waals surface area contributed by atoms with E-state index in [-0.39, 0.29) is 33.3 Å². The maximum atomic E-state index is 12.6. The molecule has 2 N–H and O–H groups in total. The molecule has 0 amide bonds. The molecule has 0 saturated carbocycles. The molecule has 0 aliphatic rings. The highest BCUT2D eigenvalue weighted by atomic mass is 32.2. The van der Waals surface area contributed by atoms with Gasteiger partial charge in [0, 0.05) is 11.6 Å². The minimum Gasteiger partial charge on any atom is -0.478 e. The lowest BCUT2D eigenvalue weighted by molar-refractivity contribution is -0.385. The number of nitrogens with one attached hydrogen (secondary N) is 1. The van der Waals surface area contributed by atoms with E-state index in [1.807, 2.05) is 6.92 Å². The smallest absolute Gasteiger partial charge is 0.337 e. The van der Waals surface area contributed by atoms with Crippen molar-refractivity contribution in [3.63, 3.8) is 0 Å². The molecule has 10 heteroatoms. The van der Waals surface area contributed by atoms with Gasteiger partial charge in [-0.1, -0.05) is 17.7 Å². The van der Waals surface area contributed by atoms with Crippen molar-refractivity contribution in [1.29, 1.82) is 0 Å². The molecule has 0 radical (unpaired) electrons. The van der Waals surface area contributed by atoms with Crippen LogP contribution in [0.4, 0.5) is 11.4 Å². The first-order valence-corrected chi connectivity index (χ1v) is 10.4. The molecule has 3 rings (SSSR count). The molecule has 0 fully saturated rings. The molecule has 0 spiro atoms. The Kier molecular flexibility index (Phi) is 5.93. The number of sulfonamides is 1. The van der Waals surface area contributed by atoms with Crippen LogP contribution < -0.4 is 9.46 Å². The highest BCUT2D eigenvalue weighted by molar-refractivity contribution is 7.92. The number of carbonyl (C=O) groups is 1. The summed E-state index contributed by atoms with van der Waals surface area (Å²) in [6, 6.07) is 14.1. The summed E-state index contributed by atoms with van der Waals surface area (Å²) in [7, 11) is -3.99. The van der Waals surface area contributed by atoms with Crippen LogP contribution in [0.15, 0.2) is 65.6 Å². The summed E-state index contributed by atoms with van der Waals surface area (Å²) in [5.41, 5.74) is 0.753. The quantitative estimate of drug-likeness (QED) is 0.406. The molecular weight excluding hydrogens is 424 g/mol. The van der Waals surface area contributed by atoms with Crippen molar-refractivity contribution in [2.45, 2.75) is 18.7 Å². The minimum absolute atomic E-state index is 0.00359. The van der Waals surface area contributed by atoms with E-state index in [2.05, 4.69) is 4.72 Å². The second-order valence-corrected chi connectivity index (χ2v) is 8.42. The Morgan fingerprint density at radius 1 is 1.00 bits per heavy atom. The van der Waals surface area contributed by atoms with Crippen LogP contribution >= 0.6 is 0 Å². The molecule has 0 saturated heterocycles. The Bertz CT molecular complexity index is 1270. The summed E-state index contributed by atoms with van der Waals surface area (Å²) in [5.74, 6) is -0.955. The van der Waals surface area contributed by atoms with Gasteiger partial charge in [-0.05, 0) is 56.3 Å². The highest BCUT2D eigenvalue weighted by Crippen LogP contribution is 2.30. The Hall–Kier alpha value is -3.92. The molecular formula is C21H18N2O7S. The van der Waals surface area contributed by atoms with E-state index >= 15 is 0 Å².